The molecular weight excluding hydrogens is 558 g/mol. The van der Waals surface area contributed by atoms with E-state index in [4.69, 9.17) is 21.1 Å². The molecule has 3 aromatic heterocycles. The third kappa shape index (κ3) is 5.00. The third-order valence-electron chi connectivity index (χ3n) is 7.46. The average molecular weight is 588 g/mol. The van der Waals surface area contributed by atoms with Crippen molar-refractivity contribution in [3.05, 3.63) is 101 Å². The number of imidazole rings is 1. The maximum Gasteiger partial charge on any atom is 0.266 e. The molecule has 3 heterocycles. The van der Waals surface area contributed by atoms with Crippen molar-refractivity contribution in [2.75, 3.05) is 4.72 Å². The van der Waals surface area contributed by atoms with Gasteiger partial charge in [-0.2, -0.15) is 0 Å². The predicted octanol–water partition coefficient (Wildman–Crippen LogP) is 7.43. The summed E-state index contributed by atoms with van der Waals surface area (Å²) in [5, 5.41) is 5.57. The summed E-state index contributed by atoms with van der Waals surface area (Å²) in [6.45, 7) is 6.27. The van der Waals surface area contributed by atoms with E-state index in [0.29, 0.717) is 28.5 Å². The molecule has 0 atom stereocenters. The number of nitrogens with zero attached hydrogens (tertiary/aromatic N) is 4. The van der Waals surface area contributed by atoms with Crippen molar-refractivity contribution in [2.24, 2.45) is 0 Å². The van der Waals surface area contributed by atoms with E-state index in [9.17, 15) is 8.42 Å². The topological polar surface area (TPSA) is 95.0 Å². The fourth-order valence-electron chi connectivity index (χ4n) is 5.16. The summed E-state index contributed by atoms with van der Waals surface area (Å²) in [5.41, 5.74) is 5.62. The molecule has 0 spiro atoms. The van der Waals surface area contributed by atoms with Crippen LogP contribution in [0.2, 0.25) is 5.02 Å². The van der Waals surface area contributed by atoms with Crippen molar-refractivity contribution >= 4 is 49.4 Å². The molecule has 1 N–H and O–H groups in total. The number of para-hydroxylation sites is 2. The monoisotopic (exact) mass is 587 g/mol. The predicted molar refractivity (Wildman–Crippen MR) is 163 cm³/mol. The van der Waals surface area contributed by atoms with E-state index in [0.717, 1.165) is 52.6 Å². The minimum atomic E-state index is -4.00. The molecule has 0 saturated carbocycles. The molecule has 10 heteroatoms. The van der Waals surface area contributed by atoms with Gasteiger partial charge in [0.15, 0.2) is 0 Å². The Morgan fingerprint density at radius 3 is 2.56 bits per heavy atom. The Hall–Kier alpha value is -4.08. The van der Waals surface area contributed by atoms with Crippen LogP contribution < -0.4 is 4.72 Å². The first-order valence-corrected chi connectivity index (χ1v) is 15.4. The van der Waals surface area contributed by atoms with Gasteiger partial charge in [-0.3, -0.25) is 0 Å². The van der Waals surface area contributed by atoms with E-state index in [1.807, 2.05) is 59.3 Å². The Morgan fingerprint density at radius 1 is 1.00 bits per heavy atom. The molecular formula is C31H30ClN5O3S. The lowest BCUT2D eigenvalue weighted by molar-refractivity contribution is 0.430. The molecule has 6 rings (SSSR count). The fraction of sp³-hybridized carbons (Fsp3) is 0.226. The van der Waals surface area contributed by atoms with Crippen molar-refractivity contribution in [1.29, 1.82) is 0 Å². The lowest BCUT2D eigenvalue weighted by atomic mass is 10.1. The second-order valence-corrected chi connectivity index (χ2v) is 12.3. The Bertz CT molecular complexity index is 2010. The van der Waals surface area contributed by atoms with Crippen LogP contribution in [0.15, 0.2) is 82.3 Å². The van der Waals surface area contributed by atoms with Gasteiger partial charge in [0.2, 0.25) is 5.88 Å². The minimum Gasteiger partial charge on any atom is -0.337 e. The van der Waals surface area contributed by atoms with Crippen molar-refractivity contribution in [3.8, 4) is 5.69 Å². The molecule has 210 valence electrons. The molecule has 0 amide bonds. The van der Waals surface area contributed by atoms with E-state index in [1.165, 1.54) is 0 Å². The molecule has 8 nitrogen and oxygen atoms in total. The molecule has 0 unspecified atom stereocenters. The number of nitrogens with one attached hydrogen (secondary N) is 1. The van der Waals surface area contributed by atoms with Crippen molar-refractivity contribution < 1.29 is 12.9 Å². The van der Waals surface area contributed by atoms with Gasteiger partial charge < -0.3 is 13.7 Å². The summed E-state index contributed by atoms with van der Waals surface area (Å²) < 4.78 is 39.3. The summed E-state index contributed by atoms with van der Waals surface area (Å²) in [4.78, 5) is 5.05. The van der Waals surface area contributed by atoms with Crippen molar-refractivity contribution in [1.82, 2.24) is 19.3 Å². The maximum absolute atomic E-state index is 13.6. The molecule has 0 saturated heterocycles. The minimum absolute atomic E-state index is 0.112. The van der Waals surface area contributed by atoms with E-state index >= 15 is 0 Å². The van der Waals surface area contributed by atoms with Gasteiger partial charge in [-0.25, -0.2) is 18.1 Å². The highest BCUT2D eigenvalue weighted by molar-refractivity contribution is 7.92. The Balaban J connectivity index is 1.47. The Morgan fingerprint density at radius 2 is 1.78 bits per heavy atom. The van der Waals surface area contributed by atoms with Crippen LogP contribution in [-0.2, 0) is 23.0 Å². The molecule has 0 aliphatic carbocycles. The van der Waals surface area contributed by atoms with Crippen LogP contribution in [0.5, 0.6) is 0 Å². The quantitative estimate of drug-likeness (QED) is 0.190. The van der Waals surface area contributed by atoms with Gasteiger partial charge in [-0.15, -0.1) is 0 Å². The zero-order valence-electron chi connectivity index (χ0n) is 23.1. The zero-order valence-corrected chi connectivity index (χ0v) is 24.6. The number of aryl methyl sites for hydroxylation is 2. The molecule has 41 heavy (non-hydrogen) atoms. The molecule has 0 bridgehead atoms. The summed E-state index contributed by atoms with van der Waals surface area (Å²) in [6.07, 6.45) is 4.97. The number of hydrogen-bond donors (Lipinski definition) is 1. The molecule has 0 fully saturated rings. The normalized spacial score (nSPS) is 12.0. The fourth-order valence-corrected chi connectivity index (χ4v) is 6.57. The van der Waals surface area contributed by atoms with Gasteiger partial charge in [0, 0.05) is 28.6 Å². The van der Waals surface area contributed by atoms with Gasteiger partial charge in [-0.05, 0) is 62.2 Å². The van der Waals surface area contributed by atoms with Gasteiger partial charge in [0.25, 0.3) is 10.0 Å². The largest absolute Gasteiger partial charge is 0.337 e. The number of anilines is 1. The first kappa shape index (κ1) is 27.1. The second kappa shape index (κ2) is 10.7. The number of hydrogen-bond acceptors (Lipinski definition) is 5. The van der Waals surface area contributed by atoms with Crippen molar-refractivity contribution in [3.63, 3.8) is 0 Å². The number of benzene rings is 3. The number of unbranched alkanes of at least 4 members (excludes halogenated alkanes) is 1. The number of aromatic nitrogens is 4. The summed E-state index contributed by atoms with van der Waals surface area (Å²) in [5.74, 6) is 1.12. The Kier molecular flexibility index (Phi) is 7.09. The average Bonchev–Trinajstić information content (AvgIpc) is 3.61. The SMILES string of the molecule is CCCCc1nc2ccc(Cl)cc2n1Cc1cn(-c2ccccc2S(=O)(=O)Nc2onc(C)c2C)c2ccccc12. The summed E-state index contributed by atoms with van der Waals surface area (Å²) in [6, 6.07) is 20.7. The van der Waals surface area contributed by atoms with Gasteiger partial charge >= 0.3 is 0 Å². The molecule has 6 aromatic rings. The smallest absolute Gasteiger partial charge is 0.266 e. The van der Waals surface area contributed by atoms with Crippen LogP contribution >= 0.6 is 11.6 Å². The van der Waals surface area contributed by atoms with Crippen LogP contribution in [0.4, 0.5) is 5.88 Å². The van der Waals surface area contributed by atoms with Crippen LogP contribution in [0.25, 0.3) is 27.6 Å². The highest BCUT2D eigenvalue weighted by Crippen LogP contribution is 2.32. The van der Waals surface area contributed by atoms with Crippen LogP contribution in [0.1, 0.15) is 42.4 Å². The van der Waals surface area contributed by atoms with E-state index in [-0.39, 0.29) is 10.8 Å². The summed E-state index contributed by atoms with van der Waals surface area (Å²) >= 11 is 6.40. The first-order chi connectivity index (χ1) is 19.8. The van der Waals surface area contributed by atoms with E-state index < -0.39 is 10.0 Å². The Labute approximate surface area is 243 Å². The standard InChI is InChI=1S/C31H30ClN5O3S/c1-4-5-14-30-33-25-16-15-23(32)17-28(25)37(30)19-22-18-36(26-11-7-6-10-24(22)26)27-12-8-9-13-29(27)41(38,39)35-31-20(2)21(3)34-40-31/h6-13,15-18,35H,4-5,14,19H2,1-3H3. The number of rotatable bonds is 9. The first-order valence-electron chi connectivity index (χ1n) is 13.6. The van der Waals surface area contributed by atoms with Gasteiger partial charge in [-0.1, -0.05) is 60.4 Å². The molecule has 0 radical (unpaired) electrons. The lowest BCUT2D eigenvalue weighted by Crippen LogP contribution is -2.15. The molecule has 0 aliphatic heterocycles. The van der Waals surface area contributed by atoms with Crippen LogP contribution in [-0.4, -0.2) is 27.7 Å². The maximum atomic E-state index is 13.6. The van der Waals surface area contributed by atoms with Gasteiger partial charge in [0.1, 0.15) is 10.7 Å². The van der Waals surface area contributed by atoms with E-state index in [2.05, 4.69) is 27.4 Å². The van der Waals surface area contributed by atoms with Crippen LogP contribution in [0, 0.1) is 13.8 Å². The van der Waals surface area contributed by atoms with Crippen LogP contribution in [0.3, 0.4) is 0 Å². The second-order valence-electron chi connectivity index (χ2n) is 10.2. The van der Waals surface area contributed by atoms with Crippen molar-refractivity contribution in [2.45, 2.75) is 51.5 Å². The molecule has 3 aromatic carbocycles. The molecule has 0 aliphatic rings. The highest BCUT2D eigenvalue weighted by Gasteiger charge is 2.24. The number of sulfonamides is 1. The van der Waals surface area contributed by atoms with E-state index in [1.54, 1.807) is 26.0 Å². The zero-order chi connectivity index (χ0) is 28.7. The highest BCUT2D eigenvalue weighted by atomic mass is 35.5. The number of halogens is 1. The summed E-state index contributed by atoms with van der Waals surface area (Å²) in [7, 11) is -4.00. The number of fused-ring (bicyclic) bond motifs is 2. The lowest BCUT2D eigenvalue weighted by Gasteiger charge is -2.13. The van der Waals surface area contributed by atoms with Gasteiger partial charge in [0.05, 0.1) is 34.5 Å². The third-order valence-corrected chi connectivity index (χ3v) is 9.08.